The first-order chi connectivity index (χ1) is 17.9. The van der Waals surface area contributed by atoms with Crippen molar-refractivity contribution in [2.24, 2.45) is 0 Å². The maximum atomic E-state index is 11.8. The molecule has 0 aliphatic rings. The summed E-state index contributed by atoms with van der Waals surface area (Å²) in [6.45, 7) is 12.4. The highest BCUT2D eigenvalue weighted by Crippen LogP contribution is 2.34. The van der Waals surface area contributed by atoms with E-state index in [1.165, 1.54) is 0 Å². The summed E-state index contributed by atoms with van der Waals surface area (Å²) >= 11 is 0. The zero-order valence-corrected chi connectivity index (χ0v) is 21.1. The molecule has 7 nitrogen and oxygen atoms in total. The molecule has 0 saturated carbocycles. The van der Waals surface area contributed by atoms with Crippen molar-refractivity contribution in [1.29, 1.82) is 0 Å². The Hall–Kier alpha value is -4.78. The number of carbonyl (C=O) groups excluding carboxylic acids is 1. The van der Waals surface area contributed by atoms with E-state index in [0.717, 1.165) is 45.5 Å². The number of hydrogen-bond acceptors (Lipinski definition) is 6. The Balaban J connectivity index is 1.61. The molecule has 0 spiro atoms. The van der Waals surface area contributed by atoms with Gasteiger partial charge in [0.25, 0.3) is 0 Å². The van der Waals surface area contributed by atoms with Crippen LogP contribution < -0.4 is 16.4 Å². The lowest BCUT2D eigenvalue weighted by molar-refractivity contribution is -0.115. The second-order valence-corrected chi connectivity index (χ2v) is 8.56. The van der Waals surface area contributed by atoms with Crippen LogP contribution >= 0.6 is 0 Å². The van der Waals surface area contributed by atoms with Crippen LogP contribution in [0.4, 0.5) is 17.1 Å². The molecule has 0 fully saturated rings. The summed E-state index contributed by atoms with van der Waals surface area (Å²) in [7, 11) is 0. The number of rotatable bonds is 9. The molecule has 0 radical (unpaired) electrons. The van der Waals surface area contributed by atoms with Gasteiger partial charge >= 0.3 is 0 Å². The van der Waals surface area contributed by atoms with Crippen molar-refractivity contribution in [3.63, 3.8) is 0 Å². The third kappa shape index (κ3) is 5.73. The number of amides is 1. The minimum absolute atomic E-state index is 0.0683. The first kappa shape index (κ1) is 25.3. The van der Waals surface area contributed by atoms with E-state index in [0.29, 0.717) is 29.1 Å². The number of nitrogens with one attached hydrogen (secondary N) is 2. The minimum atomic E-state index is -0.0683. The number of benzene rings is 1. The Bertz CT molecular complexity index is 1460. The summed E-state index contributed by atoms with van der Waals surface area (Å²) in [5, 5.41) is 6.25. The maximum Gasteiger partial charge on any atom is 0.224 e. The van der Waals surface area contributed by atoms with Crippen molar-refractivity contribution < 1.29 is 4.79 Å². The molecule has 0 aliphatic carbocycles. The van der Waals surface area contributed by atoms with Gasteiger partial charge in [0.1, 0.15) is 0 Å². The molecule has 7 heteroatoms. The molecule has 0 bridgehead atoms. The van der Waals surface area contributed by atoms with Gasteiger partial charge in [-0.2, -0.15) is 0 Å². The summed E-state index contributed by atoms with van der Waals surface area (Å²) in [6.07, 6.45) is 11.8. The topological polar surface area (TPSA) is 106 Å². The third-order valence-electron chi connectivity index (χ3n) is 6.09. The van der Waals surface area contributed by atoms with Gasteiger partial charge < -0.3 is 16.4 Å². The number of hydrogen-bond donors (Lipinski definition) is 3. The van der Waals surface area contributed by atoms with Crippen LogP contribution in [-0.2, 0) is 11.2 Å². The molecule has 4 aromatic rings. The number of allylic oxidation sites excluding steroid dienone is 1. The average Bonchev–Trinajstić information content (AvgIpc) is 2.93. The van der Waals surface area contributed by atoms with Crippen LogP contribution in [0.5, 0.6) is 0 Å². The molecule has 186 valence electrons. The highest BCUT2D eigenvalue weighted by molar-refractivity contribution is 5.92. The van der Waals surface area contributed by atoms with Gasteiger partial charge in [0, 0.05) is 64.8 Å². The predicted molar refractivity (Wildman–Crippen MR) is 152 cm³/mol. The highest BCUT2D eigenvalue weighted by Gasteiger charge is 2.14. The number of nitrogen functional groups attached to an aromatic ring is 1. The Morgan fingerprint density at radius 2 is 1.68 bits per heavy atom. The molecule has 0 atom stereocenters. The zero-order valence-electron chi connectivity index (χ0n) is 21.1. The van der Waals surface area contributed by atoms with Gasteiger partial charge in [0.05, 0.1) is 23.8 Å². The molecule has 4 rings (SSSR count). The van der Waals surface area contributed by atoms with Gasteiger partial charge in [-0.15, -0.1) is 0 Å². The molecular formula is C30H30N6O. The smallest absolute Gasteiger partial charge is 0.224 e. The zero-order chi connectivity index (χ0) is 26.4. The Morgan fingerprint density at radius 1 is 0.892 bits per heavy atom. The van der Waals surface area contributed by atoms with Crippen molar-refractivity contribution in [3.8, 4) is 22.3 Å². The van der Waals surface area contributed by atoms with E-state index in [4.69, 9.17) is 5.73 Å². The second-order valence-electron chi connectivity index (χ2n) is 8.56. The fourth-order valence-electron chi connectivity index (χ4n) is 4.06. The second kappa shape index (κ2) is 11.3. The Morgan fingerprint density at radius 3 is 2.41 bits per heavy atom. The molecule has 0 aliphatic heterocycles. The van der Waals surface area contributed by atoms with Crippen molar-refractivity contribution in [2.45, 2.75) is 26.7 Å². The summed E-state index contributed by atoms with van der Waals surface area (Å²) in [4.78, 5) is 24.8. The van der Waals surface area contributed by atoms with E-state index in [-0.39, 0.29) is 5.91 Å². The highest BCUT2D eigenvalue weighted by atomic mass is 16.1. The molecule has 1 aromatic carbocycles. The van der Waals surface area contributed by atoms with Gasteiger partial charge in [0.15, 0.2) is 0 Å². The lowest BCUT2D eigenvalue weighted by Gasteiger charge is -2.19. The van der Waals surface area contributed by atoms with Crippen molar-refractivity contribution >= 4 is 28.5 Å². The van der Waals surface area contributed by atoms with Crippen LogP contribution in [0.3, 0.4) is 0 Å². The molecule has 3 aromatic heterocycles. The van der Waals surface area contributed by atoms with Crippen molar-refractivity contribution in [3.05, 3.63) is 104 Å². The monoisotopic (exact) mass is 490 g/mol. The van der Waals surface area contributed by atoms with Crippen LogP contribution in [-0.4, -0.2) is 20.9 Å². The van der Waals surface area contributed by atoms with E-state index < -0.39 is 0 Å². The number of carbonyl (C=O) groups is 1. The van der Waals surface area contributed by atoms with E-state index >= 15 is 0 Å². The molecule has 4 N–H and O–H groups in total. The Labute approximate surface area is 217 Å². The van der Waals surface area contributed by atoms with E-state index in [9.17, 15) is 4.79 Å². The van der Waals surface area contributed by atoms with Gasteiger partial charge in [-0.3, -0.25) is 19.7 Å². The van der Waals surface area contributed by atoms with E-state index in [1.54, 1.807) is 31.7 Å². The van der Waals surface area contributed by atoms with Crippen molar-refractivity contribution in [1.82, 2.24) is 15.0 Å². The first-order valence-electron chi connectivity index (χ1n) is 12.1. The van der Waals surface area contributed by atoms with Gasteiger partial charge in [0.2, 0.25) is 5.91 Å². The standard InChI is InChI=1S/C30H30N6O/c1-5-25-27(22-8-7-11-32-14-22)17-34-18-29(25)35-20(4)19(3)26-13-21(9-10-28(26)31)23-12-24(16-33-15-23)36-30(37)6-2/h7-18,35H,3-6,31H2,1-2H3,(H,36,37). The Kier molecular flexibility index (Phi) is 7.74. The maximum absolute atomic E-state index is 11.8. The van der Waals surface area contributed by atoms with Crippen molar-refractivity contribution in [2.75, 3.05) is 16.4 Å². The van der Waals surface area contributed by atoms with Crippen LogP contribution in [0.25, 0.3) is 27.8 Å². The lowest BCUT2D eigenvalue weighted by Crippen LogP contribution is -2.09. The van der Waals surface area contributed by atoms with Crippen LogP contribution in [0, 0.1) is 0 Å². The average molecular weight is 491 g/mol. The largest absolute Gasteiger partial charge is 0.398 e. The fourth-order valence-corrected chi connectivity index (χ4v) is 4.06. The number of aromatic nitrogens is 3. The molecule has 1 amide bonds. The number of nitrogens with two attached hydrogens (primary N) is 1. The van der Waals surface area contributed by atoms with Crippen LogP contribution in [0.1, 0.15) is 31.4 Å². The molecular weight excluding hydrogens is 460 g/mol. The molecule has 3 heterocycles. The molecule has 37 heavy (non-hydrogen) atoms. The van der Waals surface area contributed by atoms with Crippen LogP contribution in [0.2, 0.25) is 0 Å². The van der Waals surface area contributed by atoms with E-state index in [1.807, 2.05) is 48.8 Å². The SMILES string of the molecule is C=C(Nc1cncc(-c2cccnc2)c1CC)C(=C)c1cc(-c2cncc(NC(=O)CC)c2)ccc1N. The quantitative estimate of drug-likeness (QED) is 0.187. The summed E-state index contributed by atoms with van der Waals surface area (Å²) in [5.41, 5.74) is 15.3. The van der Waals surface area contributed by atoms with Gasteiger partial charge in [-0.1, -0.05) is 39.1 Å². The van der Waals surface area contributed by atoms with Gasteiger partial charge in [-0.25, -0.2) is 0 Å². The summed E-state index contributed by atoms with van der Waals surface area (Å²) in [6, 6.07) is 11.5. The minimum Gasteiger partial charge on any atom is -0.398 e. The summed E-state index contributed by atoms with van der Waals surface area (Å²) < 4.78 is 0. The first-order valence-corrected chi connectivity index (χ1v) is 12.1. The lowest BCUT2D eigenvalue weighted by atomic mass is 9.96. The number of anilines is 3. The van der Waals surface area contributed by atoms with E-state index in [2.05, 4.69) is 45.7 Å². The molecule has 0 unspecified atom stereocenters. The van der Waals surface area contributed by atoms with Gasteiger partial charge in [-0.05, 0) is 47.4 Å². The fraction of sp³-hybridized carbons (Fsp3) is 0.133. The predicted octanol–water partition coefficient (Wildman–Crippen LogP) is 6.34. The summed E-state index contributed by atoms with van der Waals surface area (Å²) in [5.74, 6) is -0.0683. The third-order valence-corrected chi connectivity index (χ3v) is 6.09. The normalized spacial score (nSPS) is 10.5. The number of nitrogens with zero attached hydrogens (tertiary/aromatic N) is 3. The van der Waals surface area contributed by atoms with Crippen LogP contribution in [0.15, 0.2) is 92.4 Å². The molecule has 0 saturated heterocycles. The number of pyridine rings is 3.